The predicted octanol–water partition coefficient (Wildman–Crippen LogP) is 2.19. The number of benzene rings is 1. The van der Waals surface area contributed by atoms with Crippen LogP contribution in [0.3, 0.4) is 0 Å². The summed E-state index contributed by atoms with van der Waals surface area (Å²) in [6.07, 6.45) is 3.07. The minimum absolute atomic E-state index is 0.148. The number of hydrogen-bond donors (Lipinski definition) is 1. The molecule has 2 heterocycles. The van der Waals surface area contributed by atoms with Crippen molar-refractivity contribution in [2.45, 2.75) is 0 Å². The number of nitrogens with zero attached hydrogens (tertiary/aromatic N) is 2. The maximum atomic E-state index is 11.0. The Morgan fingerprint density at radius 3 is 2.94 bits per heavy atom. The van der Waals surface area contributed by atoms with Gasteiger partial charge in [0.2, 0.25) is 0 Å². The van der Waals surface area contributed by atoms with E-state index in [-0.39, 0.29) is 5.69 Å². The number of ether oxygens (including phenoxy) is 1. The lowest BCUT2D eigenvalue weighted by atomic mass is 10.1. The van der Waals surface area contributed by atoms with E-state index in [0.29, 0.717) is 5.65 Å². The quantitative estimate of drug-likeness (QED) is 0.748. The smallest absolute Gasteiger partial charge is 0.354 e. The molecule has 5 nitrogen and oxygen atoms in total. The Kier molecular flexibility index (Phi) is 2.19. The number of carbonyl (C=O) groups is 1. The molecule has 1 N–H and O–H groups in total. The number of aromatic carboxylic acids is 1. The highest BCUT2D eigenvalue weighted by atomic mass is 16.5. The fourth-order valence-corrected chi connectivity index (χ4v) is 2.03. The Morgan fingerprint density at radius 2 is 2.22 bits per heavy atom. The van der Waals surface area contributed by atoms with Crippen LogP contribution in [0.25, 0.3) is 16.4 Å². The molecule has 0 fully saturated rings. The Balaban J connectivity index is 2.41. The van der Waals surface area contributed by atoms with E-state index in [9.17, 15) is 4.79 Å². The Hall–Kier alpha value is -2.56. The normalized spacial score (nSPS) is 10.9. The summed E-state index contributed by atoms with van der Waals surface area (Å²) in [5, 5.41) is 10.9. The van der Waals surface area contributed by atoms with Crippen molar-refractivity contribution in [1.82, 2.24) is 9.38 Å². The zero-order valence-corrected chi connectivity index (χ0v) is 9.62. The highest BCUT2D eigenvalue weighted by Gasteiger charge is 2.12. The number of pyridine rings is 1. The minimum Gasteiger partial charge on any atom is -0.497 e. The van der Waals surface area contributed by atoms with E-state index in [4.69, 9.17) is 9.84 Å². The number of carboxylic acid groups (broad SMARTS) is 1. The van der Waals surface area contributed by atoms with Crippen LogP contribution in [-0.2, 0) is 0 Å². The molecule has 0 saturated heterocycles. The highest BCUT2D eigenvalue weighted by molar-refractivity contribution is 5.97. The van der Waals surface area contributed by atoms with Crippen LogP contribution < -0.4 is 4.74 Å². The minimum atomic E-state index is -0.996. The van der Waals surface area contributed by atoms with Gasteiger partial charge in [-0.05, 0) is 23.6 Å². The summed E-state index contributed by atoms with van der Waals surface area (Å²) < 4.78 is 6.73. The molecule has 0 aliphatic carbocycles. The highest BCUT2D eigenvalue weighted by Crippen LogP contribution is 2.24. The molecule has 0 spiro atoms. The Morgan fingerprint density at radius 1 is 1.39 bits per heavy atom. The van der Waals surface area contributed by atoms with Gasteiger partial charge in [-0.3, -0.25) is 4.40 Å². The van der Waals surface area contributed by atoms with Crippen LogP contribution in [0.5, 0.6) is 5.75 Å². The first-order chi connectivity index (χ1) is 8.70. The maximum absolute atomic E-state index is 11.0. The van der Waals surface area contributed by atoms with E-state index >= 15 is 0 Å². The molecule has 0 aliphatic heterocycles. The van der Waals surface area contributed by atoms with Crippen LogP contribution in [0.15, 0.2) is 36.7 Å². The van der Waals surface area contributed by atoms with Gasteiger partial charge in [0.25, 0.3) is 0 Å². The third-order valence-electron chi connectivity index (χ3n) is 2.92. The van der Waals surface area contributed by atoms with Crippen molar-refractivity contribution in [3.05, 3.63) is 42.4 Å². The van der Waals surface area contributed by atoms with E-state index in [1.165, 1.54) is 6.20 Å². The van der Waals surface area contributed by atoms with Crippen molar-refractivity contribution in [3.8, 4) is 5.75 Å². The predicted molar refractivity (Wildman–Crippen MR) is 66.2 cm³/mol. The second kappa shape index (κ2) is 3.73. The van der Waals surface area contributed by atoms with Gasteiger partial charge in [-0.1, -0.05) is 6.07 Å². The fourth-order valence-electron chi connectivity index (χ4n) is 2.03. The van der Waals surface area contributed by atoms with Gasteiger partial charge in [0, 0.05) is 11.6 Å². The Bertz CT molecular complexity index is 761. The van der Waals surface area contributed by atoms with Gasteiger partial charge in [-0.2, -0.15) is 0 Å². The molecule has 0 aliphatic rings. The largest absolute Gasteiger partial charge is 0.497 e. The van der Waals surface area contributed by atoms with E-state index in [1.807, 2.05) is 24.3 Å². The number of fused-ring (bicyclic) bond motifs is 3. The molecule has 0 saturated carbocycles. The van der Waals surface area contributed by atoms with E-state index < -0.39 is 5.97 Å². The van der Waals surface area contributed by atoms with E-state index in [1.54, 1.807) is 17.7 Å². The summed E-state index contributed by atoms with van der Waals surface area (Å²) in [6.45, 7) is 0. The van der Waals surface area contributed by atoms with Crippen molar-refractivity contribution in [1.29, 1.82) is 0 Å². The van der Waals surface area contributed by atoms with Crippen molar-refractivity contribution >= 4 is 22.4 Å². The number of hydrogen-bond acceptors (Lipinski definition) is 3. The average molecular weight is 242 g/mol. The lowest BCUT2D eigenvalue weighted by Gasteiger charge is -2.04. The van der Waals surface area contributed by atoms with E-state index in [0.717, 1.165) is 16.5 Å². The third kappa shape index (κ3) is 1.41. The summed E-state index contributed by atoms with van der Waals surface area (Å²) in [5.41, 5.74) is 0.763. The fraction of sp³-hybridized carbons (Fsp3) is 0.0769. The van der Waals surface area contributed by atoms with Gasteiger partial charge in [0.1, 0.15) is 11.4 Å². The molecular formula is C13H10N2O3. The van der Waals surface area contributed by atoms with Crippen LogP contribution in [0.2, 0.25) is 0 Å². The molecule has 3 rings (SSSR count). The average Bonchev–Trinajstić information content (AvgIpc) is 2.82. The lowest BCUT2D eigenvalue weighted by molar-refractivity contribution is 0.0689. The monoisotopic (exact) mass is 242 g/mol. The third-order valence-corrected chi connectivity index (χ3v) is 2.92. The summed E-state index contributed by atoms with van der Waals surface area (Å²) in [5.74, 6) is -0.278. The molecule has 18 heavy (non-hydrogen) atoms. The number of methoxy groups -OCH3 is 1. The van der Waals surface area contributed by atoms with Crippen LogP contribution in [0, 0.1) is 0 Å². The van der Waals surface area contributed by atoms with Crippen LogP contribution in [0.1, 0.15) is 10.5 Å². The molecular weight excluding hydrogens is 232 g/mol. The van der Waals surface area contributed by atoms with Crippen molar-refractivity contribution in [2.75, 3.05) is 7.11 Å². The molecule has 3 aromatic rings. The molecule has 5 heteroatoms. The summed E-state index contributed by atoms with van der Waals surface area (Å²) in [7, 11) is 1.59. The summed E-state index contributed by atoms with van der Waals surface area (Å²) in [6, 6.07) is 7.49. The molecule has 2 aromatic heterocycles. The number of imidazole rings is 1. The number of carboxylic acids is 1. The number of aromatic nitrogens is 2. The second-order valence-corrected chi connectivity index (χ2v) is 3.91. The zero-order chi connectivity index (χ0) is 12.7. The lowest BCUT2D eigenvalue weighted by Crippen LogP contribution is -2.01. The van der Waals surface area contributed by atoms with Crippen LogP contribution in [-0.4, -0.2) is 27.6 Å². The van der Waals surface area contributed by atoms with Gasteiger partial charge in [-0.25, -0.2) is 9.78 Å². The van der Waals surface area contributed by atoms with Crippen LogP contribution in [0.4, 0.5) is 0 Å². The standard InChI is InChI=1S/C13H10N2O3/c1-18-9-3-2-8-4-5-15-11(13(16)17)7-14-12(15)10(8)6-9/h2-7H,1H3,(H,16,17). The van der Waals surface area contributed by atoms with Gasteiger partial charge in [0.05, 0.1) is 13.3 Å². The van der Waals surface area contributed by atoms with Crippen LogP contribution >= 0.6 is 0 Å². The van der Waals surface area contributed by atoms with E-state index in [2.05, 4.69) is 4.98 Å². The summed E-state index contributed by atoms with van der Waals surface area (Å²) >= 11 is 0. The second-order valence-electron chi connectivity index (χ2n) is 3.91. The van der Waals surface area contributed by atoms with Gasteiger partial charge in [0.15, 0.2) is 5.69 Å². The Labute approximate surface area is 102 Å². The molecule has 0 bridgehead atoms. The maximum Gasteiger partial charge on any atom is 0.354 e. The SMILES string of the molecule is COc1ccc2ccn3c(C(=O)O)cnc3c2c1. The van der Waals surface area contributed by atoms with Gasteiger partial charge < -0.3 is 9.84 Å². The number of rotatable bonds is 2. The summed E-state index contributed by atoms with van der Waals surface area (Å²) in [4.78, 5) is 15.2. The molecule has 0 amide bonds. The molecule has 1 aromatic carbocycles. The van der Waals surface area contributed by atoms with Gasteiger partial charge >= 0.3 is 5.97 Å². The van der Waals surface area contributed by atoms with Crippen molar-refractivity contribution in [3.63, 3.8) is 0 Å². The topological polar surface area (TPSA) is 63.8 Å². The first kappa shape index (κ1) is 10.6. The molecule has 0 atom stereocenters. The molecule has 90 valence electrons. The molecule has 0 unspecified atom stereocenters. The van der Waals surface area contributed by atoms with Crippen molar-refractivity contribution in [2.24, 2.45) is 0 Å². The first-order valence-corrected chi connectivity index (χ1v) is 5.38. The zero-order valence-electron chi connectivity index (χ0n) is 9.62. The van der Waals surface area contributed by atoms with Gasteiger partial charge in [-0.15, -0.1) is 0 Å². The first-order valence-electron chi connectivity index (χ1n) is 5.38. The molecule has 0 radical (unpaired) electrons. The van der Waals surface area contributed by atoms with Crippen molar-refractivity contribution < 1.29 is 14.6 Å².